The van der Waals surface area contributed by atoms with Crippen LogP contribution in [0.1, 0.15) is 15.2 Å². The molecule has 1 fully saturated rings. The highest BCUT2D eigenvalue weighted by molar-refractivity contribution is 7.15. The minimum atomic E-state index is 0.153. The number of thiazole rings is 1. The van der Waals surface area contributed by atoms with Crippen LogP contribution in [-0.2, 0) is 6.61 Å². The summed E-state index contributed by atoms with van der Waals surface area (Å²) in [5.74, 6) is 0.885. The number of likely N-dealkylation sites (N-methyl/N-ethyl adjacent to an activating group) is 1. The predicted octanol–water partition coefficient (Wildman–Crippen LogP) is 2.81. The molecule has 0 bridgehead atoms. The Morgan fingerprint density at radius 1 is 1.25 bits per heavy atom. The molecule has 24 heavy (non-hydrogen) atoms. The van der Waals surface area contributed by atoms with Crippen LogP contribution < -0.4 is 4.74 Å². The molecule has 1 saturated heterocycles. The fourth-order valence-electron chi connectivity index (χ4n) is 2.54. The normalized spacial score (nSPS) is 16.2. The standard InChI is InChI=1S/C17H20ClN3O2S/c1-20-6-8-21(9-7-20)11-16(22)13-2-4-14(5-3-13)23-12-15-10-19-17(18)24-15/h2-5,10H,6-9,11-12H2,1H3. The second-order valence-corrected chi connectivity index (χ2v) is 7.59. The first kappa shape index (κ1) is 17.4. The molecule has 1 aromatic heterocycles. The van der Waals surface area contributed by atoms with E-state index in [1.54, 1.807) is 6.20 Å². The summed E-state index contributed by atoms with van der Waals surface area (Å²) in [6, 6.07) is 7.32. The number of ether oxygens (including phenoxy) is 1. The summed E-state index contributed by atoms with van der Waals surface area (Å²) in [4.78, 5) is 21.8. The van der Waals surface area contributed by atoms with Crippen LogP contribution in [0, 0.1) is 0 Å². The fraction of sp³-hybridized carbons (Fsp3) is 0.412. The number of benzene rings is 1. The minimum Gasteiger partial charge on any atom is -0.488 e. The van der Waals surface area contributed by atoms with Crippen molar-refractivity contribution in [3.8, 4) is 5.75 Å². The van der Waals surface area contributed by atoms with Crippen molar-refractivity contribution in [3.63, 3.8) is 0 Å². The maximum Gasteiger partial charge on any atom is 0.183 e. The van der Waals surface area contributed by atoms with Gasteiger partial charge in [-0.1, -0.05) is 11.6 Å². The van der Waals surface area contributed by atoms with Crippen molar-refractivity contribution >= 4 is 28.7 Å². The van der Waals surface area contributed by atoms with Crippen molar-refractivity contribution in [2.45, 2.75) is 6.61 Å². The molecule has 2 aromatic rings. The zero-order valence-electron chi connectivity index (χ0n) is 13.6. The van der Waals surface area contributed by atoms with Crippen molar-refractivity contribution in [2.75, 3.05) is 39.8 Å². The SMILES string of the molecule is CN1CCN(CC(=O)c2ccc(OCc3cnc(Cl)s3)cc2)CC1. The Morgan fingerprint density at radius 2 is 1.96 bits per heavy atom. The Kier molecular flexibility index (Phi) is 5.84. The van der Waals surface area contributed by atoms with E-state index in [-0.39, 0.29) is 5.78 Å². The molecule has 0 spiro atoms. The third-order valence-electron chi connectivity index (χ3n) is 4.05. The molecule has 0 amide bonds. The van der Waals surface area contributed by atoms with Crippen LogP contribution in [0.25, 0.3) is 0 Å². The van der Waals surface area contributed by atoms with Gasteiger partial charge < -0.3 is 9.64 Å². The largest absolute Gasteiger partial charge is 0.488 e. The van der Waals surface area contributed by atoms with Crippen molar-refractivity contribution in [3.05, 3.63) is 45.4 Å². The number of carbonyl (C=O) groups excluding carboxylic acids is 1. The lowest BCUT2D eigenvalue weighted by molar-refractivity contribution is 0.0876. The third kappa shape index (κ3) is 4.77. The van der Waals surface area contributed by atoms with Crippen molar-refractivity contribution < 1.29 is 9.53 Å². The molecule has 5 nitrogen and oxygen atoms in total. The van der Waals surface area contributed by atoms with Crippen LogP contribution in [0.3, 0.4) is 0 Å². The highest BCUT2D eigenvalue weighted by Crippen LogP contribution is 2.20. The molecular weight excluding hydrogens is 346 g/mol. The van der Waals surface area contributed by atoms with E-state index in [0.29, 0.717) is 17.6 Å². The molecule has 128 valence electrons. The summed E-state index contributed by atoms with van der Waals surface area (Å²) in [6.07, 6.45) is 1.71. The number of rotatable bonds is 6. The highest BCUT2D eigenvalue weighted by atomic mass is 35.5. The van der Waals surface area contributed by atoms with Crippen LogP contribution in [-0.4, -0.2) is 60.3 Å². The van der Waals surface area contributed by atoms with Crippen molar-refractivity contribution in [2.24, 2.45) is 0 Å². The molecule has 1 aliphatic heterocycles. The van der Waals surface area contributed by atoms with Gasteiger partial charge in [-0.3, -0.25) is 9.69 Å². The number of hydrogen-bond donors (Lipinski definition) is 0. The number of piperazine rings is 1. The average Bonchev–Trinajstić information content (AvgIpc) is 3.01. The summed E-state index contributed by atoms with van der Waals surface area (Å²) in [5.41, 5.74) is 0.724. The summed E-state index contributed by atoms with van der Waals surface area (Å²) in [5, 5.41) is 0. The van der Waals surface area contributed by atoms with E-state index < -0.39 is 0 Å². The maximum absolute atomic E-state index is 12.4. The van der Waals surface area contributed by atoms with E-state index in [0.717, 1.165) is 42.4 Å². The summed E-state index contributed by atoms with van der Waals surface area (Å²) in [6.45, 7) is 4.83. The Labute approximate surface area is 150 Å². The van der Waals surface area contributed by atoms with Crippen LogP contribution >= 0.6 is 22.9 Å². The first-order chi connectivity index (χ1) is 11.6. The van der Waals surface area contributed by atoms with Crippen LogP contribution in [0.5, 0.6) is 5.75 Å². The highest BCUT2D eigenvalue weighted by Gasteiger charge is 2.17. The molecule has 0 radical (unpaired) electrons. The molecule has 0 aliphatic carbocycles. The average molecular weight is 366 g/mol. The molecule has 3 rings (SSSR count). The first-order valence-electron chi connectivity index (χ1n) is 7.87. The van der Waals surface area contributed by atoms with Gasteiger partial charge in [0.05, 0.1) is 11.4 Å². The third-order valence-corrected chi connectivity index (χ3v) is 5.13. The van der Waals surface area contributed by atoms with E-state index in [9.17, 15) is 4.79 Å². The monoisotopic (exact) mass is 365 g/mol. The zero-order chi connectivity index (χ0) is 16.9. The van der Waals surface area contributed by atoms with Gasteiger partial charge in [-0.25, -0.2) is 4.98 Å². The Balaban J connectivity index is 1.51. The maximum atomic E-state index is 12.4. The topological polar surface area (TPSA) is 45.7 Å². The lowest BCUT2D eigenvalue weighted by atomic mass is 10.1. The van der Waals surface area contributed by atoms with Gasteiger partial charge in [0.2, 0.25) is 0 Å². The summed E-state index contributed by atoms with van der Waals surface area (Å²) in [7, 11) is 2.11. The Morgan fingerprint density at radius 3 is 2.58 bits per heavy atom. The molecule has 0 saturated carbocycles. The van der Waals surface area contributed by atoms with Gasteiger partial charge in [-0.2, -0.15) is 0 Å². The van der Waals surface area contributed by atoms with E-state index in [4.69, 9.17) is 16.3 Å². The molecule has 0 atom stereocenters. The van der Waals surface area contributed by atoms with E-state index >= 15 is 0 Å². The number of hydrogen-bond acceptors (Lipinski definition) is 6. The van der Waals surface area contributed by atoms with Crippen molar-refractivity contribution in [1.29, 1.82) is 0 Å². The minimum absolute atomic E-state index is 0.153. The number of aromatic nitrogens is 1. The number of ketones is 1. The van der Waals surface area contributed by atoms with Crippen LogP contribution in [0.15, 0.2) is 30.5 Å². The summed E-state index contributed by atoms with van der Waals surface area (Å²) >= 11 is 7.19. The van der Waals surface area contributed by atoms with E-state index in [1.807, 2.05) is 24.3 Å². The lowest BCUT2D eigenvalue weighted by Crippen LogP contribution is -2.46. The molecule has 7 heteroatoms. The molecule has 0 unspecified atom stereocenters. The van der Waals surface area contributed by atoms with Gasteiger partial charge in [0.1, 0.15) is 12.4 Å². The molecule has 0 N–H and O–H groups in total. The van der Waals surface area contributed by atoms with Gasteiger partial charge in [0.25, 0.3) is 0 Å². The quantitative estimate of drug-likeness (QED) is 0.736. The first-order valence-corrected chi connectivity index (χ1v) is 9.07. The predicted molar refractivity (Wildman–Crippen MR) is 96.2 cm³/mol. The second kappa shape index (κ2) is 8.07. The van der Waals surface area contributed by atoms with Gasteiger partial charge in [0, 0.05) is 37.9 Å². The Hall–Kier alpha value is -1.47. The lowest BCUT2D eigenvalue weighted by Gasteiger charge is -2.31. The van der Waals surface area contributed by atoms with Gasteiger partial charge in [-0.15, -0.1) is 11.3 Å². The molecule has 2 heterocycles. The van der Waals surface area contributed by atoms with Crippen LogP contribution in [0.2, 0.25) is 4.47 Å². The molecular formula is C17H20ClN3O2S. The summed E-state index contributed by atoms with van der Waals surface area (Å²) < 4.78 is 6.20. The molecule has 1 aliphatic rings. The van der Waals surface area contributed by atoms with Crippen LogP contribution in [0.4, 0.5) is 0 Å². The zero-order valence-corrected chi connectivity index (χ0v) is 15.1. The van der Waals surface area contributed by atoms with Gasteiger partial charge in [-0.05, 0) is 31.3 Å². The smallest absolute Gasteiger partial charge is 0.183 e. The number of Topliss-reactive ketones (excluding diaryl/α,β-unsaturated/α-hetero) is 1. The number of nitrogens with zero attached hydrogens (tertiary/aromatic N) is 3. The fourth-order valence-corrected chi connectivity index (χ4v) is 3.43. The Bertz CT molecular complexity index is 681. The van der Waals surface area contributed by atoms with E-state index in [2.05, 4.69) is 21.8 Å². The van der Waals surface area contributed by atoms with Gasteiger partial charge >= 0.3 is 0 Å². The number of carbonyl (C=O) groups is 1. The second-order valence-electron chi connectivity index (χ2n) is 5.90. The number of halogens is 1. The van der Waals surface area contributed by atoms with Gasteiger partial charge in [0.15, 0.2) is 10.3 Å². The molecule has 1 aromatic carbocycles. The van der Waals surface area contributed by atoms with E-state index in [1.165, 1.54) is 11.3 Å². The van der Waals surface area contributed by atoms with Crippen molar-refractivity contribution in [1.82, 2.24) is 14.8 Å².